The van der Waals surface area contributed by atoms with Gasteiger partial charge in [0, 0.05) is 23.8 Å². The molecule has 0 unspecified atom stereocenters. The molecule has 1 aromatic carbocycles. The normalized spacial score (nSPS) is 10.1. The number of carbonyl (C=O) groups is 1. The summed E-state index contributed by atoms with van der Waals surface area (Å²) >= 11 is 5.76. The number of anilines is 2. The van der Waals surface area contributed by atoms with Crippen LogP contribution in [0.3, 0.4) is 0 Å². The maximum absolute atomic E-state index is 13.5. The maximum atomic E-state index is 13.5. The summed E-state index contributed by atoms with van der Waals surface area (Å²) in [6.07, 6.45) is 1.50. The third-order valence-corrected chi connectivity index (χ3v) is 2.69. The lowest BCUT2D eigenvalue weighted by Gasteiger charge is -2.07. The molecule has 4 nitrogen and oxygen atoms in total. The van der Waals surface area contributed by atoms with Crippen molar-refractivity contribution in [2.24, 2.45) is 0 Å². The van der Waals surface area contributed by atoms with E-state index in [0.29, 0.717) is 16.4 Å². The van der Waals surface area contributed by atoms with Crippen LogP contribution in [-0.2, 0) is 0 Å². The zero-order valence-electron chi connectivity index (χ0n) is 10.1. The Bertz CT molecular complexity index is 619. The molecular formula is C13H11ClFN3O. The van der Waals surface area contributed by atoms with Gasteiger partial charge in [-0.05, 0) is 30.3 Å². The number of halogens is 2. The summed E-state index contributed by atoms with van der Waals surface area (Å²) in [6.45, 7) is 0. The lowest BCUT2D eigenvalue weighted by Crippen LogP contribution is -2.13. The molecule has 0 spiro atoms. The second kappa shape index (κ2) is 5.67. The number of pyridine rings is 1. The third kappa shape index (κ3) is 3.20. The van der Waals surface area contributed by atoms with Crippen molar-refractivity contribution in [3.8, 4) is 0 Å². The molecule has 0 atom stereocenters. The van der Waals surface area contributed by atoms with E-state index in [0.717, 1.165) is 0 Å². The summed E-state index contributed by atoms with van der Waals surface area (Å²) in [5.41, 5.74) is 0.416. The monoisotopic (exact) mass is 279 g/mol. The van der Waals surface area contributed by atoms with Crippen LogP contribution >= 0.6 is 11.6 Å². The van der Waals surface area contributed by atoms with Crippen molar-refractivity contribution < 1.29 is 9.18 Å². The topological polar surface area (TPSA) is 54.0 Å². The van der Waals surface area contributed by atoms with Gasteiger partial charge in [0.05, 0.1) is 5.69 Å². The van der Waals surface area contributed by atoms with E-state index in [9.17, 15) is 9.18 Å². The highest BCUT2D eigenvalue weighted by Crippen LogP contribution is 2.20. The molecule has 1 amide bonds. The van der Waals surface area contributed by atoms with Crippen molar-refractivity contribution in [2.45, 2.75) is 0 Å². The van der Waals surface area contributed by atoms with Crippen LogP contribution in [0.2, 0.25) is 5.02 Å². The minimum absolute atomic E-state index is 0.0420. The van der Waals surface area contributed by atoms with Crippen LogP contribution in [0.4, 0.5) is 15.9 Å². The van der Waals surface area contributed by atoms with Gasteiger partial charge in [-0.3, -0.25) is 4.79 Å². The predicted octanol–water partition coefficient (Wildman–Crippen LogP) is 3.17. The van der Waals surface area contributed by atoms with Crippen LogP contribution in [0.15, 0.2) is 36.5 Å². The number of nitrogens with zero attached hydrogens (tertiary/aromatic N) is 1. The van der Waals surface area contributed by atoms with E-state index in [2.05, 4.69) is 15.6 Å². The lowest BCUT2D eigenvalue weighted by atomic mass is 10.2. The Labute approximate surface area is 114 Å². The number of hydrogen-bond donors (Lipinski definition) is 2. The smallest absolute Gasteiger partial charge is 0.255 e. The Hall–Kier alpha value is -2.14. The molecule has 0 radical (unpaired) electrons. The van der Waals surface area contributed by atoms with E-state index in [1.165, 1.54) is 24.4 Å². The number of carbonyl (C=O) groups excluding carboxylic acids is 1. The van der Waals surface area contributed by atoms with Gasteiger partial charge in [-0.25, -0.2) is 9.37 Å². The minimum Gasteiger partial charge on any atom is -0.373 e. The number of rotatable bonds is 3. The standard InChI is InChI=1S/C13H11ClFN3O/c1-16-12-6-8(4-5-17-12)13(19)18-11-7-9(14)2-3-10(11)15/h2-7H,1H3,(H,16,17)(H,18,19). The summed E-state index contributed by atoms with van der Waals surface area (Å²) < 4.78 is 13.5. The van der Waals surface area contributed by atoms with E-state index < -0.39 is 11.7 Å². The fourth-order valence-corrected chi connectivity index (χ4v) is 1.67. The molecule has 0 bridgehead atoms. The van der Waals surface area contributed by atoms with Gasteiger partial charge in [-0.2, -0.15) is 0 Å². The quantitative estimate of drug-likeness (QED) is 0.907. The molecule has 19 heavy (non-hydrogen) atoms. The fourth-order valence-electron chi connectivity index (χ4n) is 1.50. The van der Waals surface area contributed by atoms with Crippen LogP contribution < -0.4 is 10.6 Å². The molecule has 1 heterocycles. The second-order valence-corrected chi connectivity index (χ2v) is 4.19. The van der Waals surface area contributed by atoms with Crippen LogP contribution in [0, 0.1) is 5.82 Å². The zero-order chi connectivity index (χ0) is 13.8. The maximum Gasteiger partial charge on any atom is 0.255 e. The Morgan fingerprint density at radius 1 is 1.32 bits per heavy atom. The average molecular weight is 280 g/mol. The summed E-state index contributed by atoms with van der Waals surface area (Å²) in [6, 6.07) is 7.08. The highest BCUT2D eigenvalue weighted by atomic mass is 35.5. The molecule has 0 saturated carbocycles. The molecule has 0 saturated heterocycles. The van der Waals surface area contributed by atoms with Crippen molar-refractivity contribution in [1.29, 1.82) is 0 Å². The molecule has 0 aliphatic heterocycles. The molecule has 1 aromatic heterocycles. The number of nitrogens with one attached hydrogen (secondary N) is 2. The molecule has 2 N–H and O–H groups in total. The van der Waals surface area contributed by atoms with Crippen LogP contribution in [-0.4, -0.2) is 17.9 Å². The van der Waals surface area contributed by atoms with Crippen LogP contribution in [0.25, 0.3) is 0 Å². The van der Waals surface area contributed by atoms with Gasteiger partial charge < -0.3 is 10.6 Å². The first-order valence-corrected chi connectivity index (χ1v) is 5.88. The molecule has 0 fully saturated rings. The second-order valence-electron chi connectivity index (χ2n) is 3.76. The van der Waals surface area contributed by atoms with Crippen molar-refractivity contribution in [1.82, 2.24) is 4.98 Å². The SMILES string of the molecule is CNc1cc(C(=O)Nc2cc(Cl)ccc2F)ccn1. The minimum atomic E-state index is -0.541. The zero-order valence-corrected chi connectivity index (χ0v) is 10.8. The first kappa shape index (κ1) is 13.3. The van der Waals surface area contributed by atoms with Gasteiger partial charge in [0.1, 0.15) is 11.6 Å². The van der Waals surface area contributed by atoms with E-state index >= 15 is 0 Å². The third-order valence-electron chi connectivity index (χ3n) is 2.45. The van der Waals surface area contributed by atoms with E-state index in [-0.39, 0.29) is 5.69 Å². The first-order valence-electron chi connectivity index (χ1n) is 5.50. The largest absolute Gasteiger partial charge is 0.373 e. The molecular weight excluding hydrogens is 269 g/mol. The Balaban J connectivity index is 2.22. The van der Waals surface area contributed by atoms with Crippen molar-refractivity contribution >= 4 is 29.0 Å². The summed E-state index contributed by atoms with van der Waals surface area (Å²) in [4.78, 5) is 16.0. The fraction of sp³-hybridized carbons (Fsp3) is 0.0769. The van der Waals surface area contributed by atoms with Crippen molar-refractivity contribution in [3.05, 3.63) is 52.9 Å². The summed E-state index contributed by atoms with van der Waals surface area (Å²) in [5.74, 6) is -0.417. The number of hydrogen-bond acceptors (Lipinski definition) is 3. The van der Waals surface area contributed by atoms with Crippen LogP contribution in [0.5, 0.6) is 0 Å². The Morgan fingerprint density at radius 3 is 2.84 bits per heavy atom. The lowest BCUT2D eigenvalue weighted by molar-refractivity contribution is 0.102. The van der Waals surface area contributed by atoms with Gasteiger partial charge in [-0.15, -0.1) is 0 Å². The molecule has 0 aliphatic carbocycles. The predicted molar refractivity (Wildman–Crippen MR) is 73.1 cm³/mol. The molecule has 2 aromatic rings. The van der Waals surface area contributed by atoms with E-state index in [4.69, 9.17) is 11.6 Å². The van der Waals surface area contributed by atoms with Gasteiger partial charge in [0.25, 0.3) is 5.91 Å². The van der Waals surface area contributed by atoms with Crippen LogP contribution in [0.1, 0.15) is 10.4 Å². The highest BCUT2D eigenvalue weighted by molar-refractivity contribution is 6.31. The number of amides is 1. The summed E-state index contributed by atoms with van der Waals surface area (Å²) in [7, 11) is 1.70. The van der Waals surface area contributed by atoms with Crippen molar-refractivity contribution in [3.63, 3.8) is 0 Å². The molecule has 2 rings (SSSR count). The summed E-state index contributed by atoms with van der Waals surface area (Å²) in [5, 5.41) is 5.63. The molecule has 6 heteroatoms. The Kier molecular flexibility index (Phi) is 3.97. The van der Waals surface area contributed by atoms with Gasteiger partial charge >= 0.3 is 0 Å². The number of aromatic nitrogens is 1. The molecule has 98 valence electrons. The van der Waals surface area contributed by atoms with Gasteiger partial charge in [0.15, 0.2) is 0 Å². The van der Waals surface area contributed by atoms with E-state index in [1.54, 1.807) is 19.2 Å². The van der Waals surface area contributed by atoms with E-state index in [1.807, 2.05) is 0 Å². The first-order chi connectivity index (χ1) is 9.10. The van der Waals surface area contributed by atoms with Crippen molar-refractivity contribution in [2.75, 3.05) is 17.7 Å². The average Bonchev–Trinajstić information content (AvgIpc) is 2.43. The van der Waals surface area contributed by atoms with Gasteiger partial charge in [0.2, 0.25) is 0 Å². The highest BCUT2D eigenvalue weighted by Gasteiger charge is 2.10. The van der Waals surface area contributed by atoms with Gasteiger partial charge in [-0.1, -0.05) is 11.6 Å². The Morgan fingerprint density at radius 2 is 2.11 bits per heavy atom. The molecule has 0 aliphatic rings. The number of benzene rings is 1.